The Morgan fingerprint density at radius 3 is 2.59 bits per heavy atom. The molecule has 0 unspecified atom stereocenters. The zero-order valence-corrected chi connectivity index (χ0v) is 9.16. The van der Waals surface area contributed by atoms with Crippen molar-refractivity contribution in [2.45, 2.75) is 5.92 Å². The summed E-state index contributed by atoms with van der Waals surface area (Å²) in [4.78, 5) is 11.2. The van der Waals surface area contributed by atoms with Gasteiger partial charge in [0.15, 0.2) is 6.61 Å². The molecule has 1 aromatic rings. The van der Waals surface area contributed by atoms with E-state index in [4.69, 9.17) is 10.5 Å². The molecule has 0 saturated carbocycles. The number of amides is 1. The number of rotatable bonds is 6. The molecule has 0 aliphatic carbocycles. The van der Waals surface area contributed by atoms with E-state index in [1.807, 2.05) is 0 Å². The largest absolute Gasteiger partial charge is 0.484 e. The SMILES string of the molecule is NCC(F)(F)CNC(=O)COc1ccccc1. The minimum absolute atomic E-state index is 0.301. The molecule has 1 amide bonds. The summed E-state index contributed by atoms with van der Waals surface area (Å²) < 4.78 is 30.5. The molecule has 6 heteroatoms. The smallest absolute Gasteiger partial charge is 0.277 e. The average Bonchev–Trinajstić information content (AvgIpc) is 2.35. The molecule has 1 rings (SSSR count). The van der Waals surface area contributed by atoms with Crippen LogP contribution in [-0.2, 0) is 4.79 Å². The fourth-order valence-electron chi connectivity index (χ4n) is 1.02. The number of hydrogen-bond acceptors (Lipinski definition) is 3. The van der Waals surface area contributed by atoms with Gasteiger partial charge in [-0.15, -0.1) is 0 Å². The number of para-hydroxylation sites is 1. The normalized spacial score (nSPS) is 11.0. The molecule has 0 aromatic heterocycles. The van der Waals surface area contributed by atoms with Crippen molar-refractivity contribution in [2.24, 2.45) is 5.73 Å². The third kappa shape index (κ3) is 5.26. The second kappa shape index (κ2) is 6.15. The quantitative estimate of drug-likeness (QED) is 0.777. The standard InChI is InChI=1S/C11H14F2N2O2/c12-11(13,7-14)8-15-10(16)6-17-9-4-2-1-3-5-9/h1-5H,6-8,14H2,(H,15,16). The number of carbonyl (C=O) groups excluding carboxylic acids is 1. The molecule has 0 spiro atoms. The average molecular weight is 244 g/mol. The monoisotopic (exact) mass is 244 g/mol. The van der Waals surface area contributed by atoms with E-state index in [2.05, 4.69) is 5.32 Å². The highest BCUT2D eigenvalue weighted by molar-refractivity contribution is 5.77. The maximum absolute atomic E-state index is 12.7. The van der Waals surface area contributed by atoms with Crippen LogP contribution in [0.2, 0.25) is 0 Å². The number of ether oxygens (including phenoxy) is 1. The molecule has 94 valence electrons. The van der Waals surface area contributed by atoms with E-state index >= 15 is 0 Å². The molecule has 0 aliphatic heterocycles. The van der Waals surface area contributed by atoms with Gasteiger partial charge in [-0.1, -0.05) is 18.2 Å². The Morgan fingerprint density at radius 2 is 2.00 bits per heavy atom. The number of alkyl halides is 2. The molecule has 0 saturated heterocycles. The van der Waals surface area contributed by atoms with Crippen molar-refractivity contribution in [3.63, 3.8) is 0 Å². The van der Waals surface area contributed by atoms with Crippen LogP contribution in [-0.4, -0.2) is 31.5 Å². The summed E-state index contributed by atoms with van der Waals surface area (Å²) in [5, 5.41) is 2.05. The zero-order chi connectivity index (χ0) is 12.7. The van der Waals surface area contributed by atoms with Crippen molar-refractivity contribution < 1.29 is 18.3 Å². The number of nitrogens with two attached hydrogens (primary N) is 1. The van der Waals surface area contributed by atoms with Crippen LogP contribution in [0.4, 0.5) is 8.78 Å². The van der Waals surface area contributed by atoms with E-state index in [0.29, 0.717) is 5.75 Å². The molecule has 0 fully saturated rings. The minimum Gasteiger partial charge on any atom is -0.484 e. The summed E-state index contributed by atoms with van der Waals surface area (Å²) in [7, 11) is 0. The number of halogens is 2. The molecule has 0 bridgehead atoms. The Kier molecular flexibility index (Phi) is 4.84. The second-order valence-electron chi connectivity index (χ2n) is 3.44. The van der Waals surface area contributed by atoms with Crippen LogP contribution in [0.25, 0.3) is 0 Å². The summed E-state index contributed by atoms with van der Waals surface area (Å²) in [5.74, 6) is -3.18. The Bertz CT molecular complexity index is 358. The number of hydrogen-bond donors (Lipinski definition) is 2. The van der Waals surface area contributed by atoms with Gasteiger partial charge in [0.1, 0.15) is 5.75 Å². The zero-order valence-electron chi connectivity index (χ0n) is 9.16. The Hall–Kier alpha value is -1.69. The van der Waals surface area contributed by atoms with Crippen LogP contribution in [0.3, 0.4) is 0 Å². The van der Waals surface area contributed by atoms with Gasteiger partial charge in [-0.25, -0.2) is 8.78 Å². The molecule has 17 heavy (non-hydrogen) atoms. The highest BCUT2D eigenvalue weighted by Gasteiger charge is 2.27. The van der Waals surface area contributed by atoms with E-state index < -0.39 is 24.9 Å². The molecular weight excluding hydrogens is 230 g/mol. The van der Waals surface area contributed by atoms with Gasteiger partial charge in [0, 0.05) is 0 Å². The van der Waals surface area contributed by atoms with E-state index in [1.165, 1.54) is 0 Å². The molecule has 0 heterocycles. The van der Waals surface area contributed by atoms with Crippen LogP contribution < -0.4 is 15.8 Å². The van der Waals surface area contributed by atoms with E-state index in [-0.39, 0.29) is 6.61 Å². The first-order valence-corrected chi connectivity index (χ1v) is 5.06. The fourth-order valence-corrected chi connectivity index (χ4v) is 1.02. The molecule has 0 radical (unpaired) electrons. The van der Waals surface area contributed by atoms with Crippen LogP contribution in [0, 0.1) is 0 Å². The van der Waals surface area contributed by atoms with Gasteiger partial charge in [-0.05, 0) is 12.1 Å². The summed E-state index contributed by atoms with van der Waals surface area (Å²) in [6.07, 6.45) is 0. The third-order valence-electron chi connectivity index (χ3n) is 1.96. The number of benzene rings is 1. The predicted molar refractivity (Wildman–Crippen MR) is 58.9 cm³/mol. The van der Waals surface area contributed by atoms with Crippen molar-refractivity contribution in [1.29, 1.82) is 0 Å². The van der Waals surface area contributed by atoms with Crippen molar-refractivity contribution in [1.82, 2.24) is 5.32 Å². The van der Waals surface area contributed by atoms with Gasteiger partial charge < -0.3 is 15.8 Å². The molecule has 1 aromatic carbocycles. The first-order chi connectivity index (χ1) is 8.03. The van der Waals surface area contributed by atoms with Crippen LogP contribution >= 0.6 is 0 Å². The minimum atomic E-state index is -3.08. The Labute approximate surface area is 97.8 Å². The molecular formula is C11H14F2N2O2. The highest BCUT2D eigenvalue weighted by Crippen LogP contribution is 2.09. The Morgan fingerprint density at radius 1 is 1.35 bits per heavy atom. The molecule has 3 N–H and O–H groups in total. The first kappa shape index (κ1) is 13.4. The lowest BCUT2D eigenvalue weighted by molar-refractivity contribution is -0.124. The molecule has 4 nitrogen and oxygen atoms in total. The van der Waals surface area contributed by atoms with Crippen LogP contribution in [0.5, 0.6) is 5.75 Å². The first-order valence-electron chi connectivity index (χ1n) is 5.06. The topological polar surface area (TPSA) is 64.3 Å². The summed E-state index contributed by atoms with van der Waals surface area (Å²) in [6, 6.07) is 8.63. The predicted octanol–water partition coefficient (Wildman–Crippen LogP) is 0.776. The summed E-state index contributed by atoms with van der Waals surface area (Å²) >= 11 is 0. The lowest BCUT2D eigenvalue weighted by Gasteiger charge is -2.14. The highest BCUT2D eigenvalue weighted by atomic mass is 19.3. The lowest BCUT2D eigenvalue weighted by Crippen LogP contribution is -2.42. The second-order valence-corrected chi connectivity index (χ2v) is 3.44. The number of nitrogens with one attached hydrogen (secondary N) is 1. The van der Waals surface area contributed by atoms with Crippen LogP contribution in [0.1, 0.15) is 0 Å². The van der Waals surface area contributed by atoms with Crippen molar-refractivity contribution >= 4 is 5.91 Å². The van der Waals surface area contributed by atoms with Gasteiger partial charge in [-0.2, -0.15) is 0 Å². The van der Waals surface area contributed by atoms with E-state index in [1.54, 1.807) is 30.3 Å². The van der Waals surface area contributed by atoms with E-state index in [9.17, 15) is 13.6 Å². The fraction of sp³-hybridized carbons (Fsp3) is 0.364. The van der Waals surface area contributed by atoms with Crippen LogP contribution in [0.15, 0.2) is 30.3 Å². The van der Waals surface area contributed by atoms with Gasteiger partial charge >= 0.3 is 0 Å². The summed E-state index contributed by atoms with van der Waals surface area (Å²) in [5.41, 5.74) is 4.82. The third-order valence-corrected chi connectivity index (χ3v) is 1.96. The van der Waals surface area contributed by atoms with Gasteiger partial charge in [0.05, 0.1) is 13.1 Å². The number of carbonyl (C=O) groups is 1. The maximum Gasteiger partial charge on any atom is 0.277 e. The lowest BCUT2D eigenvalue weighted by atomic mass is 10.3. The van der Waals surface area contributed by atoms with Gasteiger partial charge in [-0.3, -0.25) is 4.79 Å². The molecule has 0 aliphatic rings. The van der Waals surface area contributed by atoms with Gasteiger partial charge in [0.25, 0.3) is 11.8 Å². The van der Waals surface area contributed by atoms with Crippen molar-refractivity contribution in [3.05, 3.63) is 30.3 Å². The maximum atomic E-state index is 12.7. The summed E-state index contributed by atoms with van der Waals surface area (Å²) in [6.45, 7) is -1.88. The van der Waals surface area contributed by atoms with E-state index in [0.717, 1.165) is 0 Å². The van der Waals surface area contributed by atoms with Crippen molar-refractivity contribution in [2.75, 3.05) is 19.7 Å². The molecule has 0 atom stereocenters. The van der Waals surface area contributed by atoms with Crippen molar-refractivity contribution in [3.8, 4) is 5.75 Å². The van der Waals surface area contributed by atoms with Gasteiger partial charge in [0.2, 0.25) is 0 Å². The Balaban J connectivity index is 2.27.